The normalized spacial score (nSPS) is 19.6. The highest BCUT2D eigenvalue weighted by Gasteiger charge is 2.29. The molecule has 0 spiro atoms. The highest BCUT2D eigenvalue weighted by atomic mass is 32.2. The van der Waals surface area contributed by atoms with Gasteiger partial charge in [0.05, 0.1) is 16.8 Å². The molecule has 1 aromatic heterocycles. The zero-order chi connectivity index (χ0) is 31.0. The van der Waals surface area contributed by atoms with E-state index in [4.69, 9.17) is 9.84 Å². The van der Waals surface area contributed by atoms with Crippen molar-refractivity contribution >= 4 is 26.8 Å². The number of hydrogen-bond donors (Lipinski definition) is 2. The van der Waals surface area contributed by atoms with Crippen molar-refractivity contribution in [2.75, 3.05) is 25.1 Å². The molecule has 8 nitrogen and oxygen atoms in total. The maximum atomic E-state index is 15.6. The summed E-state index contributed by atoms with van der Waals surface area (Å²) in [5, 5.41) is 9.01. The zero-order valence-corrected chi connectivity index (χ0v) is 25.2. The summed E-state index contributed by atoms with van der Waals surface area (Å²) < 4.78 is 59.7. The number of aromatic nitrogens is 2. The standard InChI is InChI=1S/C33H35F2N3O5S/c1-44(41,42)19-22-17-38(18-22)16-21-2-6-23(7-3-21)24-8-10-25(11-9-24)30-27(34)15-28-32(31(30)35)37-33(36-28)43-26-12-4-20(5-13-26)14-29(39)40/h2-3,6-11,15,20,22,26H,4-5,12-14,16-19H2,1H3,(H,36,37)(H,39,40). The molecular formula is C33H35F2N3O5S. The minimum absolute atomic E-state index is 0.000435. The largest absolute Gasteiger partial charge is 0.481 e. The number of aromatic amines is 1. The van der Waals surface area contributed by atoms with E-state index < -0.39 is 27.4 Å². The van der Waals surface area contributed by atoms with Gasteiger partial charge in [-0.3, -0.25) is 9.69 Å². The van der Waals surface area contributed by atoms with Crippen molar-refractivity contribution in [1.82, 2.24) is 14.9 Å². The van der Waals surface area contributed by atoms with Crippen LogP contribution in [0.5, 0.6) is 6.01 Å². The summed E-state index contributed by atoms with van der Waals surface area (Å²) in [5.41, 5.74) is 3.46. The molecule has 6 rings (SSSR count). The van der Waals surface area contributed by atoms with Gasteiger partial charge in [-0.15, -0.1) is 0 Å². The van der Waals surface area contributed by atoms with Crippen LogP contribution in [0.2, 0.25) is 0 Å². The fourth-order valence-electron chi connectivity index (χ4n) is 6.47. The van der Waals surface area contributed by atoms with Gasteiger partial charge < -0.3 is 14.8 Å². The molecule has 232 valence electrons. The molecule has 0 bridgehead atoms. The van der Waals surface area contributed by atoms with Crippen molar-refractivity contribution in [2.24, 2.45) is 11.8 Å². The molecule has 1 aliphatic heterocycles. The summed E-state index contributed by atoms with van der Waals surface area (Å²) in [5.74, 6) is -1.71. The van der Waals surface area contributed by atoms with Crippen LogP contribution >= 0.6 is 0 Å². The van der Waals surface area contributed by atoms with Crippen molar-refractivity contribution in [3.63, 3.8) is 0 Å². The molecular weight excluding hydrogens is 588 g/mol. The Balaban J connectivity index is 1.10. The third kappa shape index (κ3) is 6.94. The van der Waals surface area contributed by atoms with Crippen LogP contribution in [-0.4, -0.2) is 65.6 Å². The summed E-state index contributed by atoms with van der Waals surface area (Å²) in [6, 6.07) is 16.5. The molecule has 0 radical (unpaired) electrons. The fraction of sp³-hybridized carbons (Fsp3) is 0.394. The number of imidazole rings is 1. The Morgan fingerprint density at radius 1 is 0.977 bits per heavy atom. The average molecular weight is 624 g/mol. The number of sulfone groups is 1. The van der Waals surface area contributed by atoms with Crippen LogP contribution < -0.4 is 4.74 Å². The summed E-state index contributed by atoms with van der Waals surface area (Å²) in [7, 11) is -2.95. The summed E-state index contributed by atoms with van der Waals surface area (Å²) >= 11 is 0. The van der Waals surface area contributed by atoms with E-state index in [-0.39, 0.29) is 52.7 Å². The molecule has 2 aliphatic rings. The van der Waals surface area contributed by atoms with Gasteiger partial charge in [-0.25, -0.2) is 17.2 Å². The van der Waals surface area contributed by atoms with E-state index in [0.717, 1.165) is 49.2 Å². The predicted octanol–water partition coefficient (Wildman–Crippen LogP) is 6.06. The minimum atomic E-state index is -2.95. The molecule has 2 heterocycles. The van der Waals surface area contributed by atoms with Gasteiger partial charge in [0.25, 0.3) is 6.01 Å². The molecule has 1 saturated heterocycles. The molecule has 0 atom stereocenters. The number of likely N-dealkylation sites (tertiary alicyclic amines) is 1. The number of hydrogen-bond acceptors (Lipinski definition) is 6. The number of H-pyrrole nitrogens is 1. The number of nitrogens with one attached hydrogen (secondary N) is 1. The van der Waals surface area contributed by atoms with Gasteiger partial charge in [-0.2, -0.15) is 4.98 Å². The fourth-order valence-corrected chi connectivity index (χ4v) is 7.53. The summed E-state index contributed by atoms with van der Waals surface area (Å²) in [6.07, 6.45) is 4.09. The predicted molar refractivity (Wildman–Crippen MR) is 164 cm³/mol. The molecule has 1 aliphatic carbocycles. The van der Waals surface area contributed by atoms with Crippen molar-refractivity contribution in [2.45, 2.75) is 44.8 Å². The average Bonchev–Trinajstić information content (AvgIpc) is 3.35. The van der Waals surface area contributed by atoms with Gasteiger partial charge in [-0.1, -0.05) is 48.5 Å². The Morgan fingerprint density at radius 3 is 2.20 bits per heavy atom. The molecule has 1 saturated carbocycles. The first-order chi connectivity index (χ1) is 21.0. The van der Waals surface area contributed by atoms with Crippen LogP contribution in [0.1, 0.15) is 37.7 Å². The van der Waals surface area contributed by atoms with Crippen LogP contribution in [0, 0.1) is 23.5 Å². The number of carboxylic acid groups (broad SMARTS) is 1. The Labute approximate surface area is 255 Å². The lowest BCUT2D eigenvalue weighted by atomic mass is 9.85. The Hall–Kier alpha value is -3.83. The number of aliphatic carboxylic acids is 1. The molecule has 3 aromatic carbocycles. The van der Waals surface area contributed by atoms with E-state index in [0.29, 0.717) is 18.4 Å². The lowest BCUT2D eigenvalue weighted by molar-refractivity contribution is -0.138. The molecule has 44 heavy (non-hydrogen) atoms. The van der Waals surface area contributed by atoms with Gasteiger partial charge in [0, 0.05) is 38.4 Å². The van der Waals surface area contributed by atoms with Crippen LogP contribution in [0.3, 0.4) is 0 Å². The van der Waals surface area contributed by atoms with Crippen molar-refractivity contribution in [1.29, 1.82) is 0 Å². The Kier molecular flexibility index (Phi) is 8.43. The SMILES string of the molecule is CS(=O)(=O)CC1CN(Cc2ccc(-c3ccc(-c4c(F)cc5[nH]c(OC6CCC(CC(=O)O)CC6)nc5c4F)cc3)cc2)C1. The van der Waals surface area contributed by atoms with Gasteiger partial charge in [0.15, 0.2) is 5.82 Å². The summed E-state index contributed by atoms with van der Waals surface area (Å²) in [4.78, 5) is 20.4. The second-order valence-electron chi connectivity index (χ2n) is 12.3. The van der Waals surface area contributed by atoms with E-state index in [2.05, 4.69) is 14.9 Å². The van der Waals surface area contributed by atoms with Gasteiger partial charge in [0.2, 0.25) is 0 Å². The molecule has 2 N–H and O–H groups in total. The maximum Gasteiger partial charge on any atom is 0.303 e. The lowest BCUT2D eigenvalue weighted by Crippen LogP contribution is -2.48. The summed E-state index contributed by atoms with van der Waals surface area (Å²) in [6.45, 7) is 2.31. The van der Waals surface area contributed by atoms with Gasteiger partial charge >= 0.3 is 5.97 Å². The minimum Gasteiger partial charge on any atom is -0.481 e. The first-order valence-corrected chi connectivity index (χ1v) is 16.9. The third-order valence-electron chi connectivity index (χ3n) is 8.62. The lowest BCUT2D eigenvalue weighted by Gasteiger charge is -2.39. The zero-order valence-electron chi connectivity index (χ0n) is 24.4. The molecule has 2 fully saturated rings. The van der Waals surface area contributed by atoms with Crippen LogP contribution in [-0.2, 0) is 21.2 Å². The number of carboxylic acids is 1. The van der Waals surface area contributed by atoms with E-state index in [1.54, 1.807) is 12.1 Å². The Bertz CT molecular complexity index is 1760. The van der Waals surface area contributed by atoms with Gasteiger partial charge in [0.1, 0.15) is 27.3 Å². The number of nitrogens with zero attached hydrogens (tertiary/aromatic N) is 2. The second kappa shape index (κ2) is 12.3. The van der Waals surface area contributed by atoms with E-state index in [1.165, 1.54) is 12.3 Å². The number of ether oxygens (including phenoxy) is 1. The maximum absolute atomic E-state index is 15.6. The van der Waals surface area contributed by atoms with Crippen molar-refractivity contribution in [3.8, 4) is 28.3 Å². The first kappa shape index (κ1) is 30.2. The number of halogens is 2. The second-order valence-corrected chi connectivity index (χ2v) is 14.5. The number of rotatable bonds is 10. The van der Waals surface area contributed by atoms with Crippen molar-refractivity contribution in [3.05, 3.63) is 71.8 Å². The number of carbonyl (C=O) groups is 1. The highest BCUT2D eigenvalue weighted by Crippen LogP contribution is 2.35. The quantitative estimate of drug-likeness (QED) is 0.221. The molecule has 11 heteroatoms. The number of benzene rings is 3. The Morgan fingerprint density at radius 2 is 1.59 bits per heavy atom. The third-order valence-corrected chi connectivity index (χ3v) is 9.70. The van der Waals surface area contributed by atoms with Crippen LogP contribution in [0.4, 0.5) is 8.78 Å². The van der Waals surface area contributed by atoms with Crippen LogP contribution in [0.15, 0.2) is 54.6 Å². The first-order valence-electron chi connectivity index (χ1n) is 14.9. The van der Waals surface area contributed by atoms with E-state index >= 15 is 8.78 Å². The smallest absolute Gasteiger partial charge is 0.303 e. The molecule has 4 aromatic rings. The monoisotopic (exact) mass is 623 g/mol. The van der Waals surface area contributed by atoms with Crippen LogP contribution in [0.25, 0.3) is 33.3 Å². The van der Waals surface area contributed by atoms with Gasteiger partial charge in [-0.05, 0) is 59.8 Å². The highest BCUT2D eigenvalue weighted by molar-refractivity contribution is 7.90. The molecule has 0 amide bonds. The van der Waals surface area contributed by atoms with E-state index in [9.17, 15) is 13.2 Å². The van der Waals surface area contributed by atoms with E-state index in [1.807, 2.05) is 36.4 Å². The van der Waals surface area contributed by atoms with Crippen molar-refractivity contribution < 1.29 is 31.8 Å². The number of fused-ring (bicyclic) bond motifs is 1. The topological polar surface area (TPSA) is 113 Å². The molecule has 0 unspecified atom stereocenters.